The molecule has 5 nitrogen and oxygen atoms in total. The minimum absolute atomic E-state index is 0.169. The van der Waals surface area contributed by atoms with Gasteiger partial charge < -0.3 is 4.74 Å². The average Bonchev–Trinajstić information content (AvgIpc) is 2.77. The molecule has 112 valence electrons. The maximum Gasteiger partial charge on any atom is 0.261 e. The minimum Gasteiger partial charge on any atom is -0.478 e. The van der Waals surface area contributed by atoms with E-state index in [2.05, 4.69) is 15.1 Å². The highest BCUT2D eigenvalue weighted by Gasteiger charge is 2.17. The largest absolute Gasteiger partial charge is 0.478 e. The Bertz CT molecular complexity index is 555. The van der Waals surface area contributed by atoms with E-state index < -0.39 is 13.0 Å². The van der Waals surface area contributed by atoms with Crippen LogP contribution in [0.5, 0.6) is 5.88 Å². The van der Waals surface area contributed by atoms with E-state index in [1.54, 1.807) is 6.20 Å². The Morgan fingerprint density at radius 1 is 1.30 bits per heavy atom. The number of alkyl halides is 2. The Kier molecular flexibility index (Phi) is 5.79. The molecule has 20 heavy (non-hydrogen) atoms. The molecule has 0 unspecified atom stereocenters. The number of aromatic nitrogens is 4. The number of hydrogen-bond donors (Lipinski definition) is 0. The molecule has 0 N–H and O–H groups in total. The van der Waals surface area contributed by atoms with Gasteiger partial charge in [-0.1, -0.05) is 27.7 Å². The van der Waals surface area contributed by atoms with Gasteiger partial charge in [0.1, 0.15) is 6.54 Å². The summed E-state index contributed by atoms with van der Waals surface area (Å²) in [5, 5.41) is 3.94. The van der Waals surface area contributed by atoms with Crippen molar-refractivity contribution in [1.29, 1.82) is 0 Å². The summed E-state index contributed by atoms with van der Waals surface area (Å²) in [5.41, 5.74) is 1.47. The fourth-order valence-electron chi connectivity index (χ4n) is 1.60. The van der Waals surface area contributed by atoms with Crippen LogP contribution in [0.1, 0.15) is 39.3 Å². The summed E-state index contributed by atoms with van der Waals surface area (Å²) in [6.45, 7) is 7.40. The minimum atomic E-state index is -2.50. The lowest BCUT2D eigenvalue weighted by atomic mass is 10.1. The van der Waals surface area contributed by atoms with Crippen LogP contribution >= 0.6 is 0 Å². The molecule has 0 aliphatic carbocycles. The van der Waals surface area contributed by atoms with E-state index in [0.29, 0.717) is 11.2 Å². The fraction of sp³-hybridized carbons (Fsp3) is 0.615. The van der Waals surface area contributed by atoms with Crippen LogP contribution in [0, 0.1) is 0 Å². The van der Waals surface area contributed by atoms with Crippen molar-refractivity contribution in [1.82, 2.24) is 19.7 Å². The second-order valence-corrected chi connectivity index (χ2v) is 4.20. The number of methoxy groups -OCH3 is 1. The molecule has 0 radical (unpaired) electrons. The number of hydrogen-bond acceptors (Lipinski definition) is 4. The Morgan fingerprint density at radius 2 is 1.95 bits per heavy atom. The van der Waals surface area contributed by atoms with Crippen molar-refractivity contribution in [3.05, 3.63) is 11.9 Å². The van der Waals surface area contributed by atoms with Gasteiger partial charge in [-0.2, -0.15) is 0 Å². The average molecular weight is 286 g/mol. The van der Waals surface area contributed by atoms with E-state index in [1.165, 1.54) is 7.11 Å². The Morgan fingerprint density at radius 3 is 2.45 bits per heavy atom. The molecule has 2 heterocycles. The third-order valence-electron chi connectivity index (χ3n) is 2.53. The third-order valence-corrected chi connectivity index (χ3v) is 2.53. The summed E-state index contributed by atoms with van der Waals surface area (Å²) in [4.78, 5) is 8.51. The molecule has 0 amide bonds. The fourth-order valence-corrected chi connectivity index (χ4v) is 1.60. The van der Waals surface area contributed by atoms with Gasteiger partial charge in [0.25, 0.3) is 12.3 Å². The van der Waals surface area contributed by atoms with Gasteiger partial charge in [-0.25, -0.2) is 23.4 Å². The van der Waals surface area contributed by atoms with E-state index in [0.717, 1.165) is 10.4 Å². The molecule has 0 fully saturated rings. The van der Waals surface area contributed by atoms with Gasteiger partial charge in [0.15, 0.2) is 11.2 Å². The quantitative estimate of drug-likeness (QED) is 0.865. The maximum atomic E-state index is 12.5. The monoisotopic (exact) mass is 286 g/mol. The number of rotatable bonds is 4. The van der Waals surface area contributed by atoms with Crippen LogP contribution in [-0.4, -0.2) is 33.3 Å². The number of halogens is 2. The summed E-state index contributed by atoms with van der Waals surface area (Å²) < 4.78 is 31.1. The molecule has 0 spiro atoms. The standard InChI is InChI=1S/C11H14F2N4O.C2H6/c1-6(2)7-4-14-9-10(15-7)17(5-8(12)13)16-11(9)18-3;1-2/h4,6,8H,5H2,1-3H3;1-2H3. The van der Waals surface area contributed by atoms with Crippen LogP contribution in [0.15, 0.2) is 6.20 Å². The third kappa shape index (κ3) is 3.40. The molecule has 0 aliphatic rings. The van der Waals surface area contributed by atoms with Crippen LogP contribution in [0.4, 0.5) is 8.78 Å². The van der Waals surface area contributed by atoms with Gasteiger partial charge >= 0.3 is 0 Å². The second-order valence-electron chi connectivity index (χ2n) is 4.20. The van der Waals surface area contributed by atoms with Crippen molar-refractivity contribution >= 4 is 11.2 Å². The van der Waals surface area contributed by atoms with Crippen molar-refractivity contribution in [3.8, 4) is 5.88 Å². The first-order chi connectivity index (χ1) is 9.52. The number of fused-ring (bicyclic) bond motifs is 1. The molecule has 0 aromatic carbocycles. The van der Waals surface area contributed by atoms with E-state index in [4.69, 9.17) is 4.74 Å². The zero-order valence-electron chi connectivity index (χ0n) is 12.4. The molecule has 7 heteroatoms. The van der Waals surface area contributed by atoms with Gasteiger partial charge in [0.05, 0.1) is 12.8 Å². The summed E-state index contributed by atoms with van der Waals surface area (Å²) in [6, 6.07) is 0. The highest BCUT2D eigenvalue weighted by atomic mass is 19.3. The predicted octanol–water partition coefficient (Wildman–Crippen LogP) is 3.25. The van der Waals surface area contributed by atoms with E-state index in [1.807, 2.05) is 27.7 Å². The molecule has 2 rings (SSSR count). The Hall–Kier alpha value is -1.79. The SMILES string of the molecule is CC.COc1nn(CC(F)F)c2nc(C(C)C)cnc12. The molecule has 0 saturated heterocycles. The molecule has 2 aromatic rings. The Labute approximate surface area is 117 Å². The van der Waals surface area contributed by atoms with Crippen molar-refractivity contribution in [2.75, 3.05) is 7.11 Å². The molecule has 0 atom stereocenters. The molecular weight excluding hydrogens is 266 g/mol. The van der Waals surface area contributed by atoms with Gasteiger partial charge in [-0.05, 0) is 5.92 Å². The van der Waals surface area contributed by atoms with Crippen LogP contribution in [0.25, 0.3) is 11.2 Å². The highest BCUT2D eigenvalue weighted by molar-refractivity contribution is 5.76. The molecule has 2 aromatic heterocycles. The first-order valence-corrected chi connectivity index (χ1v) is 6.58. The summed E-state index contributed by atoms with van der Waals surface area (Å²) in [5.74, 6) is 0.385. The van der Waals surface area contributed by atoms with Gasteiger partial charge in [0.2, 0.25) is 0 Å². The molecule has 0 bridgehead atoms. The lowest BCUT2D eigenvalue weighted by Crippen LogP contribution is -2.09. The predicted molar refractivity (Wildman–Crippen MR) is 73.3 cm³/mol. The second kappa shape index (κ2) is 7.12. The lowest BCUT2D eigenvalue weighted by molar-refractivity contribution is 0.122. The van der Waals surface area contributed by atoms with Crippen LogP contribution < -0.4 is 4.74 Å². The van der Waals surface area contributed by atoms with Crippen molar-refractivity contribution in [3.63, 3.8) is 0 Å². The smallest absolute Gasteiger partial charge is 0.261 e. The summed E-state index contributed by atoms with van der Waals surface area (Å²) in [7, 11) is 1.42. The Balaban J connectivity index is 0.000000956. The first kappa shape index (κ1) is 16.3. The van der Waals surface area contributed by atoms with Gasteiger partial charge in [-0.3, -0.25) is 0 Å². The first-order valence-electron chi connectivity index (χ1n) is 6.58. The normalized spacial score (nSPS) is 10.8. The summed E-state index contributed by atoms with van der Waals surface area (Å²) in [6.07, 6.45) is -0.883. The highest BCUT2D eigenvalue weighted by Crippen LogP contribution is 2.23. The van der Waals surface area contributed by atoms with Crippen LogP contribution in [-0.2, 0) is 6.54 Å². The number of ether oxygens (including phenoxy) is 1. The van der Waals surface area contributed by atoms with Crippen LogP contribution in [0.3, 0.4) is 0 Å². The zero-order valence-corrected chi connectivity index (χ0v) is 12.4. The van der Waals surface area contributed by atoms with E-state index in [9.17, 15) is 8.78 Å². The zero-order chi connectivity index (χ0) is 15.3. The summed E-state index contributed by atoms with van der Waals surface area (Å²) >= 11 is 0. The van der Waals surface area contributed by atoms with Gasteiger partial charge in [0, 0.05) is 6.20 Å². The van der Waals surface area contributed by atoms with Crippen LogP contribution in [0.2, 0.25) is 0 Å². The molecule has 0 saturated carbocycles. The number of nitrogens with zero attached hydrogens (tertiary/aromatic N) is 4. The molecule has 0 aliphatic heterocycles. The lowest BCUT2D eigenvalue weighted by Gasteiger charge is -2.05. The van der Waals surface area contributed by atoms with Crippen molar-refractivity contribution in [2.45, 2.75) is 46.6 Å². The van der Waals surface area contributed by atoms with E-state index in [-0.39, 0.29) is 11.8 Å². The topological polar surface area (TPSA) is 52.8 Å². The van der Waals surface area contributed by atoms with Gasteiger partial charge in [-0.15, -0.1) is 5.10 Å². The molecular formula is C13H20F2N4O. The van der Waals surface area contributed by atoms with Crippen molar-refractivity contribution < 1.29 is 13.5 Å². The van der Waals surface area contributed by atoms with Crippen molar-refractivity contribution in [2.24, 2.45) is 0 Å². The van der Waals surface area contributed by atoms with E-state index >= 15 is 0 Å². The maximum absolute atomic E-state index is 12.5.